The minimum absolute atomic E-state index is 0.00952. The van der Waals surface area contributed by atoms with Crippen LogP contribution in [-0.4, -0.2) is 58.0 Å². The molecule has 0 aliphatic rings. The van der Waals surface area contributed by atoms with Gasteiger partial charge in [-0.15, -0.1) is 0 Å². The number of hydrogen-bond donors (Lipinski definition) is 1. The summed E-state index contributed by atoms with van der Waals surface area (Å²) >= 11 is 6.17. The first kappa shape index (κ1) is 36.3. The molecule has 9 nitrogen and oxygen atoms in total. The number of aryl methyl sites for hydroxylation is 1. The maximum atomic E-state index is 14.7. The minimum atomic E-state index is -4.28. The summed E-state index contributed by atoms with van der Waals surface area (Å²) in [5, 5.41) is 3.56. The lowest BCUT2D eigenvalue weighted by Gasteiger charge is -2.34. The first-order chi connectivity index (χ1) is 23.0. The molecule has 0 aliphatic carbocycles. The number of halogens is 1. The van der Waals surface area contributed by atoms with Crippen molar-refractivity contribution in [1.82, 2.24) is 10.2 Å². The molecule has 0 saturated heterocycles. The molecule has 0 radical (unpaired) electrons. The first-order valence-electron chi connectivity index (χ1n) is 15.7. The van der Waals surface area contributed by atoms with E-state index in [0.29, 0.717) is 22.9 Å². The van der Waals surface area contributed by atoms with E-state index in [2.05, 4.69) is 5.32 Å². The number of nitrogens with zero attached hydrogens (tertiary/aromatic N) is 2. The van der Waals surface area contributed by atoms with Gasteiger partial charge >= 0.3 is 0 Å². The Hall–Kier alpha value is -4.54. The van der Waals surface area contributed by atoms with Gasteiger partial charge < -0.3 is 19.7 Å². The number of ether oxygens (including phenoxy) is 2. The summed E-state index contributed by atoms with van der Waals surface area (Å²) in [6, 6.07) is 26.4. The lowest BCUT2D eigenvalue weighted by atomic mass is 10.0. The average molecular weight is 692 g/mol. The molecule has 0 aliphatic heterocycles. The molecule has 2 atom stereocenters. The number of amides is 2. The van der Waals surface area contributed by atoms with Crippen LogP contribution < -0.4 is 19.1 Å². The Morgan fingerprint density at radius 3 is 2.10 bits per heavy atom. The molecule has 4 rings (SSSR count). The van der Waals surface area contributed by atoms with Crippen LogP contribution in [0.4, 0.5) is 5.69 Å². The van der Waals surface area contributed by atoms with Crippen LogP contribution in [0.3, 0.4) is 0 Å². The van der Waals surface area contributed by atoms with E-state index in [-0.39, 0.29) is 35.5 Å². The molecule has 1 N–H and O–H groups in total. The Morgan fingerprint density at radius 2 is 1.50 bits per heavy atom. The maximum Gasteiger partial charge on any atom is 0.264 e. The average Bonchev–Trinajstić information content (AvgIpc) is 3.09. The Bertz CT molecular complexity index is 1780. The molecule has 0 unspecified atom stereocenters. The van der Waals surface area contributed by atoms with Crippen LogP contribution in [0.1, 0.15) is 37.0 Å². The fourth-order valence-corrected chi connectivity index (χ4v) is 6.66. The van der Waals surface area contributed by atoms with Crippen molar-refractivity contribution in [2.75, 3.05) is 25.1 Å². The predicted molar refractivity (Wildman–Crippen MR) is 189 cm³/mol. The van der Waals surface area contributed by atoms with Gasteiger partial charge in [0.15, 0.2) is 11.5 Å². The monoisotopic (exact) mass is 691 g/mol. The first-order valence-corrected chi connectivity index (χ1v) is 17.5. The normalized spacial score (nSPS) is 12.5. The van der Waals surface area contributed by atoms with Crippen molar-refractivity contribution in [2.24, 2.45) is 0 Å². The van der Waals surface area contributed by atoms with Gasteiger partial charge in [-0.3, -0.25) is 13.9 Å². The van der Waals surface area contributed by atoms with Crippen molar-refractivity contribution in [3.63, 3.8) is 0 Å². The molecular weight excluding hydrogens is 650 g/mol. The van der Waals surface area contributed by atoms with Crippen molar-refractivity contribution in [3.05, 3.63) is 119 Å². The fraction of sp³-hybridized carbons (Fsp3) is 0.297. The molecule has 0 saturated carbocycles. The minimum Gasteiger partial charge on any atom is -0.493 e. The SMILES string of the molecule is CC[C@H](C)NC(=O)[C@H](Cc1ccccc1)N(Cc1ccc(Cl)cc1)C(=O)CN(c1ccc(OC)c(OC)c1)S(=O)(=O)c1ccc(C)cc1. The third-order valence-electron chi connectivity index (χ3n) is 8.08. The molecule has 0 spiro atoms. The molecule has 0 fully saturated rings. The van der Waals surface area contributed by atoms with Gasteiger partial charge in [0.05, 0.1) is 24.8 Å². The van der Waals surface area contributed by atoms with Gasteiger partial charge in [-0.05, 0) is 67.8 Å². The van der Waals surface area contributed by atoms with Crippen LogP contribution in [-0.2, 0) is 32.6 Å². The summed E-state index contributed by atoms with van der Waals surface area (Å²) in [5.41, 5.74) is 2.64. The van der Waals surface area contributed by atoms with Crippen LogP contribution in [0, 0.1) is 6.92 Å². The largest absolute Gasteiger partial charge is 0.493 e. The van der Waals surface area contributed by atoms with E-state index in [1.807, 2.05) is 51.1 Å². The Balaban J connectivity index is 1.84. The zero-order valence-corrected chi connectivity index (χ0v) is 29.4. The third-order valence-corrected chi connectivity index (χ3v) is 10.1. The van der Waals surface area contributed by atoms with E-state index < -0.39 is 28.5 Å². The molecule has 254 valence electrons. The standard InChI is InChI=1S/C37H42ClN3O6S/c1-6-27(3)39-37(43)33(22-28-10-8-7-9-11-28)40(24-29-14-16-30(38)17-15-29)36(42)25-41(31-18-21-34(46-4)35(23-31)47-5)48(44,45)32-19-12-26(2)13-20-32/h7-21,23,27,33H,6,22,24-25H2,1-5H3,(H,39,43)/t27-,33-/m0/s1. The number of anilines is 1. The summed E-state index contributed by atoms with van der Waals surface area (Å²) in [5.74, 6) is -0.223. The van der Waals surface area contributed by atoms with E-state index in [4.69, 9.17) is 21.1 Å². The molecule has 48 heavy (non-hydrogen) atoms. The Morgan fingerprint density at radius 1 is 0.854 bits per heavy atom. The second-order valence-electron chi connectivity index (χ2n) is 11.5. The lowest BCUT2D eigenvalue weighted by molar-refractivity contribution is -0.140. The second-order valence-corrected chi connectivity index (χ2v) is 13.8. The van der Waals surface area contributed by atoms with Crippen molar-refractivity contribution in [1.29, 1.82) is 0 Å². The van der Waals surface area contributed by atoms with Crippen LogP contribution >= 0.6 is 11.6 Å². The summed E-state index contributed by atoms with van der Waals surface area (Å²) in [7, 11) is -1.35. The zero-order chi connectivity index (χ0) is 34.8. The molecule has 4 aromatic carbocycles. The zero-order valence-electron chi connectivity index (χ0n) is 27.9. The molecule has 2 amide bonds. The van der Waals surface area contributed by atoms with E-state index >= 15 is 0 Å². The molecule has 4 aromatic rings. The Kier molecular flexibility index (Phi) is 12.5. The number of carbonyl (C=O) groups is 2. The lowest BCUT2D eigenvalue weighted by Crippen LogP contribution is -2.54. The number of hydrogen-bond acceptors (Lipinski definition) is 6. The highest BCUT2D eigenvalue weighted by Crippen LogP contribution is 2.34. The van der Waals surface area contributed by atoms with E-state index in [1.54, 1.807) is 48.5 Å². The highest BCUT2D eigenvalue weighted by Gasteiger charge is 2.35. The third kappa shape index (κ3) is 9.08. The summed E-state index contributed by atoms with van der Waals surface area (Å²) in [4.78, 5) is 30.1. The second kappa shape index (κ2) is 16.5. The highest BCUT2D eigenvalue weighted by molar-refractivity contribution is 7.92. The number of sulfonamides is 1. The fourth-order valence-electron chi connectivity index (χ4n) is 5.13. The summed E-state index contributed by atoms with van der Waals surface area (Å²) in [6.45, 7) is 5.16. The number of benzene rings is 4. The van der Waals surface area contributed by atoms with Gasteiger partial charge in [0.1, 0.15) is 12.6 Å². The summed E-state index contributed by atoms with van der Waals surface area (Å²) in [6.07, 6.45) is 0.903. The van der Waals surface area contributed by atoms with Crippen molar-refractivity contribution >= 4 is 39.1 Å². The van der Waals surface area contributed by atoms with Crippen molar-refractivity contribution < 1.29 is 27.5 Å². The van der Waals surface area contributed by atoms with Crippen LogP contribution in [0.2, 0.25) is 5.02 Å². The van der Waals surface area contributed by atoms with Gasteiger partial charge in [0.2, 0.25) is 11.8 Å². The number of methoxy groups -OCH3 is 2. The van der Waals surface area contributed by atoms with Gasteiger partial charge in [-0.1, -0.05) is 78.7 Å². The molecule has 0 aromatic heterocycles. The number of nitrogens with one attached hydrogen (secondary N) is 1. The van der Waals surface area contributed by atoms with Crippen LogP contribution in [0.5, 0.6) is 11.5 Å². The maximum absolute atomic E-state index is 14.7. The molecule has 11 heteroatoms. The van der Waals surface area contributed by atoms with Gasteiger partial charge in [-0.25, -0.2) is 8.42 Å². The van der Waals surface area contributed by atoms with Crippen molar-refractivity contribution in [2.45, 2.75) is 57.1 Å². The molecule has 0 bridgehead atoms. The Labute approximate surface area is 288 Å². The number of carbonyl (C=O) groups excluding carboxylic acids is 2. The summed E-state index contributed by atoms with van der Waals surface area (Å²) < 4.78 is 40.5. The van der Waals surface area contributed by atoms with Gasteiger partial charge in [0, 0.05) is 30.1 Å². The topological polar surface area (TPSA) is 105 Å². The van der Waals surface area contributed by atoms with Gasteiger partial charge in [0.25, 0.3) is 10.0 Å². The van der Waals surface area contributed by atoms with E-state index in [9.17, 15) is 18.0 Å². The number of rotatable bonds is 15. The smallest absolute Gasteiger partial charge is 0.264 e. The van der Waals surface area contributed by atoms with Crippen LogP contribution in [0.25, 0.3) is 0 Å². The van der Waals surface area contributed by atoms with Gasteiger partial charge in [-0.2, -0.15) is 0 Å². The molecule has 0 heterocycles. The predicted octanol–water partition coefficient (Wildman–Crippen LogP) is 6.42. The highest BCUT2D eigenvalue weighted by atomic mass is 35.5. The van der Waals surface area contributed by atoms with Crippen LogP contribution in [0.15, 0.2) is 102 Å². The molecular formula is C37H42ClN3O6S. The van der Waals surface area contributed by atoms with E-state index in [1.165, 1.54) is 37.3 Å². The van der Waals surface area contributed by atoms with Crippen molar-refractivity contribution in [3.8, 4) is 11.5 Å². The van der Waals surface area contributed by atoms with E-state index in [0.717, 1.165) is 21.0 Å². The quantitative estimate of drug-likeness (QED) is 0.154.